The molecule has 0 saturated carbocycles. The fourth-order valence-electron chi connectivity index (χ4n) is 1.56. The third-order valence-corrected chi connectivity index (χ3v) is 4.05. The van der Waals surface area contributed by atoms with Crippen molar-refractivity contribution in [2.75, 3.05) is 13.2 Å². The van der Waals surface area contributed by atoms with Crippen LogP contribution in [0, 0.1) is 0 Å². The highest BCUT2D eigenvalue weighted by atomic mass is 32.2. The van der Waals surface area contributed by atoms with Crippen LogP contribution in [0.1, 0.15) is 6.42 Å². The van der Waals surface area contributed by atoms with E-state index in [0.29, 0.717) is 0 Å². The number of nitrogens with zero attached hydrogens (tertiary/aromatic N) is 1. The van der Waals surface area contributed by atoms with Crippen LogP contribution in [-0.2, 0) is 19.6 Å². The summed E-state index contributed by atoms with van der Waals surface area (Å²) < 4.78 is 30.8. The van der Waals surface area contributed by atoms with Gasteiger partial charge in [-0.1, -0.05) is 0 Å². The Bertz CT molecular complexity index is 503. The zero-order chi connectivity index (χ0) is 12.5. The van der Waals surface area contributed by atoms with Gasteiger partial charge in [0.15, 0.2) is 5.54 Å². The third-order valence-electron chi connectivity index (χ3n) is 2.54. The Balaban J connectivity index is 2.28. The van der Waals surface area contributed by atoms with E-state index in [9.17, 15) is 13.2 Å². The monoisotopic (exact) mass is 261 g/mol. The molecule has 1 aliphatic rings. The van der Waals surface area contributed by atoms with Crippen LogP contribution in [0.15, 0.2) is 17.3 Å². The summed E-state index contributed by atoms with van der Waals surface area (Å²) in [6.45, 7) is 0.0274. The Morgan fingerprint density at radius 1 is 1.65 bits per heavy atom. The molecular weight excluding hydrogens is 250 g/mol. The highest BCUT2D eigenvalue weighted by Gasteiger charge is 2.46. The van der Waals surface area contributed by atoms with Crippen molar-refractivity contribution in [2.24, 2.45) is 0 Å². The Hall–Kier alpha value is -1.45. The molecule has 2 heterocycles. The van der Waals surface area contributed by atoms with Crippen molar-refractivity contribution in [1.29, 1.82) is 0 Å². The first-order valence-corrected chi connectivity index (χ1v) is 6.28. The van der Waals surface area contributed by atoms with Crippen molar-refractivity contribution < 1.29 is 23.1 Å². The van der Waals surface area contributed by atoms with Crippen molar-refractivity contribution in [3.8, 4) is 0 Å². The molecule has 0 bridgehead atoms. The lowest BCUT2D eigenvalue weighted by Gasteiger charge is -2.22. The van der Waals surface area contributed by atoms with Gasteiger partial charge in [-0.05, 0) is 0 Å². The van der Waals surface area contributed by atoms with E-state index in [-0.39, 0.29) is 24.5 Å². The number of nitrogens with one attached hydrogen (secondary N) is 2. The molecule has 1 aliphatic heterocycles. The Morgan fingerprint density at radius 3 is 2.88 bits per heavy atom. The number of hydrogen-bond donors (Lipinski definition) is 3. The average Bonchev–Trinajstić information content (AvgIpc) is 2.86. The van der Waals surface area contributed by atoms with Crippen molar-refractivity contribution in [1.82, 2.24) is 14.9 Å². The molecule has 0 aromatic carbocycles. The van der Waals surface area contributed by atoms with E-state index in [1.54, 1.807) is 0 Å². The lowest BCUT2D eigenvalue weighted by molar-refractivity contribution is -0.144. The minimum atomic E-state index is -3.91. The molecule has 1 aromatic rings. The van der Waals surface area contributed by atoms with Gasteiger partial charge in [0.2, 0.25) is 10.0 Å². The molecule has 1 fully saturated rings. The maximum atomic E-state index is 11.9. The fourth-order valence-corrected chi connectivity index (χ4v) is 2.84. The van der Waals surface area contributed by atoms with Crippen LogP contribution in [0.4, 0.5) is 0 Å². The molecule has 1 atom stereocenters. The van der Waals surface area contributed by atoms with E-state index >= 15 is 0 Å². The maximum absolute atomic E-state index is 11.9. The lowest BCUT2D eigenvalue weighted by Crippen LogP contribution is -2.54. The first-order valence-electron chi connectivity index (χ1n) is 4.80. The minimum Gasteiger partial charge on any atom is -0.480 e. The van der Waals surface area contributed by atoms with Gasteiger partial charge in [0.1, 0.15) is 4.90 Å². The number of hydrogen-bond acceptors (Lipinski definition) is 5. The summed E-state index contributed by atoms with van der Waals surface area (Å²) >= 11 is 0. The van der Waals surface area contributed by atoms with Crippen LogP contribution in [0.3, 0.4) is 0 Å². The normalized spacial score (nSPS) is 24.9. The number of sulfonamides is 1. The smallest absolute Gasteiger partial charge is 0.327 e. The van der Waals surface area contributed by atoms with Gasteiger partial charge < -0.3 is 9.84 Å². The van der Waals surface area contributed by atoms with Crippen molar-refractivity contribution in [3.05, 3.63) is 12.4 Å². The number of aromatic amines is 1. The molecule has 0 aliphatic carbocycles. The number of carboxylic acids is 1. The number of ether oxygens (including phenoxy) is 1. The molecule has 1 saturated heterocycles. The molecule has 1 aromatic heterocycles. The summed E-state index contributed by atoms with van der Waals surface area (Å²) in [5.74, 6) is -1.25. The Kier molecular flexibility index (Phi) is 2.89. The second-order valence-electron chi connectivity index (χ2n) is 3.73. The van der Waals surface area contributed by atoms with Gasteiger partial charge in [-0.25, -0.2) is 8.42 Å². The molecule has 2 rings (SSSR count). The molecule has 0 amide bonds. The first kappa shape index (κ1) is 12.0. The molecule has 9 heteroatoms. The maximum Gasteiger partial charge on any atom is 0.327 e. The number of aromatic nitrogens is 2. The SMILES string of the molecule is O=C(O)C1(NS(=O)(=O)c2cn[nH]c2)CCOC1. The highest BCUT2D eigenvalue weighted by molar-refractivity contribution is 7.89. The van der Waals surface area contributed by atoms with Gasteiger partial charge >= 0.3 is 5.97 Å². The van der Waals surface area contributed by atoms with Gasteiger partial charge in [-0.2, -0.15) is 9.82 Å². The zero-order valence-electron chi connectivity index (χ0n) is 8.71. The molecule has 0 radical (unpaired) electrons. The van der Waals surface area contributed by atoms with Crippen LogP contribution in [0.25, 0.3) is 0 Å². The fraction of sp³-hybridized carbons (Fsp3) is 0.500. The lowest BCUT2D eigenvalue weighted by atomic mass is 10.0. The van der Waals surface area contributed by atoms with E-state index in [4.69, 9.17) is 9.84 Å². The number of carbonyl (C=O) groups is 1. The Morgan fingerprint density at radius 2 is 2.41 bits per heavy atom. The second-order valence-corrected chi connectivity index (χ2v) is 5.41. The van der Waals surface area contributed by atoms with E-state index in [1.165, 1.54) is 6.20 Å². The van der Waals surface area contributed by atoms with E-state index < -0.39 is 21.5 Å². The van der Waals surface area contributed by atoms with Gasteiger partial charge in [-0.15, -0.1) is 0 Å². The summed E-state index contributed by atoms with van der Waals surface area (Å²) in [6, 6.07) is 0. The van der Waals surface area contributed by atoms with Crippen molar-refractivity contribution in [2.45, 2.75) is 16.9 Å². The number of aliphatic carboxylic acids is 1. The van der Waals surface area contributed by atoms with Crippen LogP contribution in [0.5, 0.6) is 0 Å². The molecule has 1 unspecified atom stereocenters. The predicted molar refractivity (Wildman–Crippen MR) is 54.7 cm³/mol. The van der Waals surface area contributed by atoms with Crippen LogP contribution < -0.4 is 4.72 Å². The summed E-state index contributed by atoms with van der Waals surface area (Å²) in [7, 11) is -3.91. The average molecular weight is 261 g/mol. The number of carboxylic acid groups (broad SMARTS) is 1. The number of H-pyrrole nitrogens is 1. The van der Waals surface area contributed by atoms with E-state index in [1.807, 2.05) is 0 Å². The molecule has 0 spiro atoms. The summed E-state index contributed by atoms with van der Waals surface area (Å²) in [6.07, 6.45) is 2.38. The molecule has 3 N–H and O–H groups in total. The van der Waals surface area contributed by atoms with Crippen molar-refractivity contribution >= 4 is 16.0 Å². The molecule has 8 nitrogen and oxygen atoms in total. The van der Waals surface area contributed by atoms with Crippen molar-refractivity contribution in [3.63, 3.8) is 0 Å². The van der Waals surface area contributed by atoms with Gasteiger partial charge in [0, 0.05) is 19.2 Å². The topological polar surface area (TPSA) is 121 Å². The summed E-state index contributed by atoms with van der Waals surface area (Å²) in [5, 5.41) is 15.0. The minimum absolute atomic E-state index is 0.0966. The quantitative estimate of drug-likeness (QED) is 0.634. The standard InChI is InChI=1S/C8H11N3O5S/c12-7(13)8(1-2-16-5-8)11-17(14,15)6-3-9-10-4-6/h3-4,11H,1-2,5H2,(H,9,10)(H,12,13). The van der Waals surface area contributed by atoms with Crippen LogP contribution in [0.2, 0.25) is 0 Å². The van der Waals surface area contributed by atoms with E-state index in [2.05, 4.69) is 14.9 Å². The van der Waals surface area contributed by atoms with Gasteiger partial charge in [-0.3, -0.25) is 9.89 Å². The number of rotatable bonds is 4. The third kappa shape index (κ3) is 2.16. The second kappa shape index (κ2) is 4.09. The van der Waals surface area contributed by atoms with Crippen LogP contribution in [-0.4, -0.2) is 48.4 Å². The molecule has 94 valence electrons. The summed E-state index contributed by atoms with van der Waals surface area (Å²) in [5.41, 5.74) is -1.59. The van der Waals surface area contributed by atoms with Gasteiger partial charge in [0.25, 0.3) is 0 Å². The highest BCUT2D eigenvalue weighted by Crippen LogP contribution is 2.22. The van der Waals surface area contributed by atoms with Gasteiger partial charge in [0.05, 0.1) is 12.8 Å². The summed E-state index contributed by atoms with van der Waals surface area (Å²) in [4.78, 5) is 11.0. The van der Waals surface area contributed by atoms with Crippen LogP contribution >= 0.6 is 0 Å². The largest absolute Gasteiger partial charge is 0.480 e. The zero-order valence-corrected chi connectivity index (χ0v) is 9.53. The van der Waals surface area contributed by atoms with E-state index in [0.717, 1.165) is 6.20 Å². The Labute approximate surface area is 97.0 Å². The predicted octanol–water partition coefficient (Wildman–Crippen LogP) is -1.07. The first-order chi connectivity index (χ1) is 7.96. The molecule has 17 heavy (non-hydrogen) atoms. The molecular formula is C8H11N3O5S.